The summed E-state index contributed by atoms with van der Waals surface area (Å²) in [5, 5.41) is 50.0. The van der Waals surface area contributed by atoms with Gasteiger partial charge in [-0.15, -0.1) is 0 Å². The Labute approximate surface area is 342 Å². The highest BCUT2D eigenvalue weighted by atomic mass is 31.2. The molecule has 0 aromatic heterocycles. The quantitative estimate of drug-likeness (QED) is 0.0156. The number of phosphoric ester groups is 1. The second-order valence-corrected chi connectivity index (χ2v) is 16.6. The van der Waals surface area contributed by atoms with Crippen LogP contribution in [0.5, 0.6) is 0 Å². The molecule has 6 N–H and O–H groups in total. The predicted octanol–water partition coefficient (Wildman–Crippen LogP) is 7.83. The van der Waals surface area contributed by atoms with Crippen LogP contribution in [0.2, 0.25) is 0 Å². The molecule has 1 saturated carbocycles. The Hall–Kier alpha value is -1.93. The van der Waals surface area contributed by atoms with Crippen LogP contribution in [0.4, 0.5) is 0 Å². The van der Waals surface area contributed by atoms with Crippen LogP contribution < -0.4 is 0 Å². The highest BCUT2D eigenvalue weighted by Crippen LogP contribution is 2.47. The maximum Gasteiger partial charge on any atom is 0.472 e. The van der Waals surface area contributed by atoms with E-state index in [0.29, 0.717) is 12.8 Å². The lowest BCUT2D eigenvalue weighted by Gasteiger charge is -2.41. The molecule has 332 valence electrons. The zero-order chi connectivity index (χ0) is 42.2. The van der Waals surface area contributed by atoms with E-state index in [0.717, 1.165) is 57.8 Å². The number of aliphatic hydroxyl groups excluding tert-OH is 5. The van der Waals surface area contributed by atoms with Gasteiger partial charge < -0.3 is 39.9 Å². The molecule has 0 aromatic rings. The van der Waals surface area contributed by atoms with Crippen LogP contribution in [0.15, 0.2) is 36.5 Å². The largest absolute Gasteiger partial charge is 0.472 e. The molecule has 14 heteroatoms. The van der Waals surface area contributed by atoms with Crippen LogP contribution in [0.3, 0.4) is 0 Å². The van der Waals surface area contributed by atoms with Crippen molar-refractivity contribution < 1.29 is 63.1 Å². The van der Waals surface area contributed by atoms with Gasteiger partial charge in [0.2, 0.25) is 0 Å². The summed E-state index contributed by atoms with van der Waals surface area (Å²) >= 11 is 0. The molecule has 0 heterocycles. The maximum atomic E-state index is 12.8. The Balaban J connectivity index is 2.52. The highest BCUT2D eigenvalue weighted by molar-refractivity contribution is 7.47. The first-order chi connectivity index (χ1) is 27.4. The van der Waals surface area contributed by atoms with E-state index < -0.39 is 75.7 Å². The van der Waals surface area contributed by atoms with E-state index in [1.807, 2.05) is 0 Å². The van der Waals surface area contributed by atoms with Crippen molar-refractivity contribution in [1.82, 2.24) is 0 Å². The van der Waals surface area contributed by atoms with Gasteiger partial charge in [-0.1, -0.05) is 140 Å². The fraction of sp³-hybridized carbons (Fsp3) is 0.814. The highest BCUT2D eigenvalue weighted by Gasteiger charge is 2.51. The Morgan fingerprint density at radius 3 is 1.47 bits per heavy atom. The normalized spacial score (nSPS) is 23.0. The summed E-state index contributed by atoms with van der Waals surface area (Å²) in [7, 11) is -5.12. The predicted molar refractivity (Wildman–Crippen MR) is 221 cm³/mol. The van der Waals surface area contributed by atoms with Gasteiger partial charge in [-0.3, -0.25) is 18.6 Å². The molecular weight excluding hydrogens is 755 g/mol. The number of ether oxygens (including phenoxy) is 2. The minimum absolute atomic E-state index is 0.0908. The molecule has 0 aliphatic heterocycles. The second-order valence-electron chi connectivity index (χ2n) is 15.2. The molecule has 13 nitrogen and oxygen atoms in total. The van der Waals surface area contributed by atoms with Crippen molar-refractivity contribution in [3.63, 3.8) is 0 Å². The van der Waals surface area contributed by atoms with E-state index in [1.54, 1.807) is 0 Å². The molecule has 57 heavy (non-hydrogen) atoms. The third-order valence-corrected chi connectivity index (χ3v) is 11.0. The smallest absolute Gasteiger partial charge is 0.462 e. The number of carbonyl (C=O) groups excluding carboxylic acids is 2. The first-order valence-electron chi connectivity index (χ1n) is 21.8. The third kappa shape index (κ3) is 26.7. The molecule has 0 saturated heterocycles. The van der Waals surface area contributed by atoms with Crippen molar-refractivity contribution in [3.05, 3.63) is 36.5 Å². The van der Waals surface area contributed by atoms with Gasteiger partial charge in [0.15, 0.2) is 6.10 Å². The molecule has 0 radical (unpaired) electrons. The van der Waals surface area contributed by atoms with Crippen molar-refractivity contribution in [2.24, 2.45) is 0 Å². The number of phosphoric acid groups is 1. The monoisotopic (exact) mass is 833 g/mol. The van der Waals surface area contributed by atoms with E-state index in [1.165, 1.54) is 70.6 Å². The van der Waals surface area contributed by atoms with Crippen molar-refractivity contribution >= 4 is 19.8 Å². The van der Waals surface area contributed by atoms with Crippen LogP contribution in [-0.2, 0) is 32.7 Å². The number of allylic oxidation sites excluding steroid dienone is 6. The summed E-state index contributed by atoms with van der Waals surface area (Å²) in [5.74, 6) is -1.14. The number of unbranched alkanes of at least 4 members (excludes halogenated alkanes) is 17. The Morgan fingerprint density at radius 2 is 0.947 bits per heavy atom. The van der Waals surface area contributed by atoms with Gasteiger partial charge in [-0.25, -0.2) is 4.57 Å². The minimum atomic E-state index is -5.12. The fourth-order valence-electron chi connectivity index (χ4n) is 6.41. The molecular formula is C43H77O13P. The van der Waals surface area contributed by atoms with Gasteiger partial charge in [0.05, 0.1) is 6.61 Å². The van der Waals surface area contributed by atoms with Gasteiger partial charge in [-0.2, -0.15) is 0 Å². The third-order valence-electron chi connectivity index (χ3n) is 9.98. The fourth-order valence-corrected chi connectivity index (χ4v) is 7.38. The molecule has 8 atom stereocenters. The molecule has 1 aliphatic rings. The van der Waals surface area contributed by atoms with E-state index in [2.05, 4.69) is 50.3 Å². The minimum Gasteiger partial charge on any atom is -0.462 e. The summed E-state index contributed by atoms with van der Waals surface area (Å²) in [6, 6.07) is 0. The van der Waals surface area contributed by atoms with Crippen LogP contribution in [0.1, 0.15) is 168 Å². The van der Waals surface area contributed by atoms with Crippen LogP contribution in [0, 0.1) is 0 Å². The zero-order valence-corrected chi connectivity index (χ0v) is 35.8. The average molecular weight is 833 g/mol. The van der Waals surface area contributed by atoms with Gasteiger partial charge in [0.25, 0.3) is 0 Å². The van der Waals surface area contributed by atoms with E-state index in [-0.39, 0.29) is 12.8 Å². The molecule has 0 bridgehead atoms. The van der Waals surface area contributed by atoms with Crippen molar-refractivity contribution in [3.8, 4) is 0 Å². The van der Waals surface area contributed by atoms with Crippen molar-refractivity contribution in [1.29, 1.82) is 0 Å². The molecule has 6 unspecified atom stereocenters. The topological polar surface area (TPSA) is 210 Å². The lowest BCUT2D eigenvalue weighted by Crippen LogP contribution is -2.64. The van der Waals surface area contributed by atoms with Gasteiger partial charge in [0.1, 0.15) is 43.2 Å². The van der Waals surface area contributed by atoms with Crippen LogP contribution in [-0.4, -0.2) is 98.3 Å². The summed E-state index contributed by atoms with van der Waals surface area (Å²) in [6.07, 6.45) is 23.5. The molecule has 1 aliphatic carbocycles. The van der Waals surface area contributed by atoms with Crippen LogP contribution in [0.25, 0.3) is 0 Å². The zero-order valence-electron chi connectivity index (χ0n) is 34.9. The Kier molecular flexibility index (Phi) is 31.5. The number of rotatable bonds is 35. The molecule has 0 amide bonds. The Bertz CT molecular complexity index is 1150. The first-order valence-corrected chi connectivity index (χ1v) is 23.3. The van der Waals surface area contributed by atoms with Gasteiger partial charge >= 0.3 is 19.8 Å². The average Bonchev–Trinajstić information content (AvgIpc) is 3.19. The molecule has 1 fully saturated rings. The SMILES string of the molecule is CCCCC/C=C/C/C=C/C/C=C/CCCCC(=O)OC[C@@H](COP(=O)(O)OC1C(O)C(O)C(O)[C@H](O)C1O)OC(=O)CCCCCCCCCCCCCCC. The lowest BCUT2D eigenvalue weighted by atomic mass is 9.85. The van der Waals surface area contributed by atoms with E-state index in [4.69, 9.17) is 18.5 Å². The number of esters is 2. The van der Waals surface area contributed by atoms with Crippen molar-refractivity contribution in [2.75, 3.05) is 13.2 Å². The van der Waals surface area contributed by atoms with E-state index >= 15 is 0 Å². The Morgan fingerprint density at radius 1 is 0.544 bits per heavy atom. The number of carbonyl (C=O) groups is 2. The summed E-state index contributed by atoms with van der Waals surface area (Å²) in [6.45, 7) is 3.22. The van der Waals surface area contributed by atoms with Crippen LogP contribution >= 0.6 is 7.82 Å². The number of aliphatic hydroxyl groups is 5. The van der Waals surface area contributed by atoms with Gasteiger partial charge in [-0.05, 0) is 51.4 Å². The molecule has 0 aromatic carbocycles. The summed E-state index contributed by atoms with van der Waals surface area (Å²) < 4.78 is 33.4. The molecule has 1 rings (SSSR count). The summed E-state index contributed by atoms with van der Waals surface area (Å²) in [5.41, 5.74) is 0. The standard InChI is InChI=1S/C43H77O13P/c1-3-5-7-9-11-13-15-17-18-20-21-23-25-27-29-31-36(44)53-33-35(34-54-57(51,52)56-43-41(49)39(47)38(46)40(48)42(43)50)55-37(45)32-30-28-26-24-22-19-16-14-12-10-8-6-4-2/h11,13,17-18,21,23,35,38-43,46-50H,3-10,12,14-16,19-20,22,24-34H2,1-2H3,(H,51,52)/b13-11+,18-17+,23-21+/t35-,38?,39-,40?,41?,42?,43?/m0/s1. The van der Waals surface area contributed by atoms with Crippen molar-refractivity contribution in [2.45, 2.75) is 211 Å². The lowest BCUT2D eigenvalue weighted by molar-refractivity contribution is -0.220. The second kappa shape index (κ2) is 33.9. The maximum absolute atomic E-state index is 12.8. The van der Waals surface area contributed by atoms with E-state index in [9.17, 15) is 44.6 Å². The molecule has 0 spiro atoms. The number of hydrogen-bond acceptors (Lipinski definition) is 12. The van der Waals surface area contributed by atoms with Gasteiger partial charge in [0, 0.05) is 12.8 Å². The first kappa shape index (κ1) is 53.1. The number of hydrogen-bond donors (Lipinski definition) is 6. The summed E-state index contributed by atoms with van der Waals surface area (Å²) in [4.78, 5) is 35.6.